The number of anilines is 1. The van der Waals surface area contributed by atoms with Gasteiger partial charge in [-0.15, -0.1) is 5.01 Å². The molecule has 2 heterocycles. The van der Waals surface area contributed by atoms with Gasteiger partial charge in [0.1, 0.15) is 0 Å². The minimum atomic E-state index is 0.193. The minimum absolute atomic E-state index is 0.193. The van der Waals surface area contributed by atoms with Crippen molar-refractivity contribution < 1.29 is 0 Å². The molecular formula is C23H25Cl3N4. The smallest absolute Gasteiger partial charge is 0.0863 e. The Labute approximate surface area is 193 Å². The van der Waals surface area contributed by atoms with E-state index in [1.807, 2.05) is 35.3 Å². The van der Waals surface area contributed by atoms with Crippen molar-refractivity contribution in [3.63, 3.8) is 0 Å². The van der Waals surface area contributed by atoms with E-state index in [-0.39, 0.29) is 6.04 Å². The van der Waals surface area contributed by atoms with E-state index in [0.29, 0.717) is 16.0 Å². The van der Waals surface area contributed by atoms with Crippen LogP contribution in [0.1, 0.15) is 24.4 Å². The fraction of sp³-hybridized carbons (Fsp3) is 0.435. The van der Waals surface area contributed by atoms with Crippen LogP contribution in [-0.4, -0.2) is 49.2 Å². The summed E-state index contributed by atoms with van der Waals surface area (Å²) in [6.45, 7) is 12.9. The quantitative estimate of drug-likeness (QED) is 0.512. The summed E-state index contributed by atoms with van der Waals surface area (Å²) in [4.78, 5) is 8.53. The van der Waals surface area contributed by atoms with Crippen LogP contribution in [0.5, 0.6) is 0 Å². The maximum atomic E-state index is 7.19. The molecule has 0 aromatic heterocycles. The number of halogens is 3. The molecule has 158 valence electrons. The molecule has 2 aliphatic rings. The summed E-state index contributed by atoms with van der Waals surface area (Å²) < 4.78 is 0. The molecule has 2 aliphatic heterocycles. The Balaban J connectivity index is 1.53. The number of piperazine rings is 1. The molecule has 7 heteroatoms. The highest BCUT2D eigenvalue weighted by atomic mass is 35.5. The zero-order valence-corrected chi connectivity index (χ0v) is 19.0. The van der Waals surface area contributed by atoms with Crippen molar-refractivity contribution in [1.29, 1.82) is 0 Å². The Kier molecular flexibility index (Phi) is 6.95. The molecule has 0 N–H and O–H groups in total. The third-order valence-corrected chi connectivity index (χ3v) is 6.98. The van der Waals surface area contributed by atoms with E-state index < -0.39 is 0 Å². The van der Waals surface area contributed by atoms with Crippen molar-refractivity contribution in [2.24, 2.45) is 5.92 Å². The fourth-order valence-corrected chi connectivity index (χ4v) is 5.19. The number of nitrogens with zero attached hydrogens (tertiary/aromatic N) is 4. The number of rotatable bonds is 4. The Morgan fingerprint density at radius 2 is 1.60 bits per heavy atom. The van der Waals surface area contributed by atoms with Gasteiger partial charge in [-0.05, 0) is 54.7 Å². The summed E-state index contributed by atoms with van der Waals surface area (Å²) in [5.41, 5.74) is 2.25. The maximum Gasteiger partial charge on any atom is 0.0863 e. The molecule has 2 aromatic carbocycles. The molecule has 0 radical (unpaired) electrons. The summed E-state index contributed by atoms with van der Waals surface area (Å²) in [6, 6.07) is 14.1. The Morgan fingerprint density at radius 3 is 2.27 bits per heavy atom. The predicted molar refractivity (Wildman–Crippen MR) is 125 cm³/mol. The Morgan fingerprint density at radius 1 is 0.900 bits per heavy atom. The molecular weight excluding hydrogens is 439 g/mol. The van der Waals surface area contributed by atoms with Gasteiger partial charge in [-0.3, -0.25) is 4.90 Å². The van der Waals surface area contributed by atoms with Crippen LogP contribution in [0.25, 0.3) is 4.95 Å². The average Bonchev–Trinajstić information content (AvgIpc) is 2.75. The fourth-order valence-electron chi connectivity index (χ4n) is 4.55. The van der Waals surface area contributed by atoms with Crippen LogP contribution in [0.15, 0.2) is 42.5 Å². The largest absolute Gasteiger partial charge is 0.361 e. The van der Waals surface area contributed by atoms with Gasteiger partial charge in [-0.2, -0.15) is 11.5 Å². The second kappa shape index (κ2) is 9.66. The van der Waals surface area contributed by atoms with Crippen LogP contribution < -0.4 is 4.90 Å². The Hall–Kier alpha value is -1.64. The summed E-state index contributed by atoms with van der Waals surface area (Å²) in [5.74, 6) is 0.652. The van der Waals surface area contributed by atoms with Gasteiger partial charge in [-0.25, -0.2) is 0 Å². The van der Waals surface area contributed by atoms with E-state index in [2.05, 4.69) is 26.9 Å². The van der Waals surface area contributed by atoms with Crippen molar-refractivity contribution in [2.75, 3.05) is 44.2 Å². The Bertz CT molecular complexity index is 904. The van der Waals surface area contributed by atoms with Gasteiger partial charge in [0.2, 0.25) is 0 Å². The summed E-state index contributed by atoms with van der Waals surface area (Å²) in [7, 11) is 0. The zero-order valence-electron chi connectivity index (χ0n) is 16.8. The molecule has 0 saturated carbocycles. The lowest BCUT2D eigenvalue weighted by atomic mass is 9.95. The van der Waals surface area contributed by atoms with Crippen molar-refractivity contribution in [3.8, 4) is 0 Å². The summed E-state index contributed by atoms with van der Waals surface area (Å²) in [6.07, 6.45) is 2.19. The van der Waals surface area contributed by atoms with Crippen molar-refractivity contribution in [3.05, 3.63) is 74.6 Å². The van der Waals surface area contributed by atoms with E-state index in [9.17, 15) is 0 Å². The molecule has 1 atom stereocenters. The monoisotopic (exact) mass is 462 g/mol. The van der Waals surface area contributed by atoms with E-state index in [0.717, 1.165) is 62.8 Å². The van der Waals surface area contributed by atoms with Crippen molar-refractivity contribution in [2.45, 2.75) is 18.9 Å². The highest BCUT2D eigenvalue weighted by Gasteiger charge is 2.32. The van der Waals surface area contributed by atoms with Gasteiger partial charge in [-0.1, -0.05) is 46.9 Å². The van der Waals surface area contributed by atoms with E-state index >= 15 is 0 Å². The van der Waals surface area contributed by atoms with Crippen LogP contribution in [0, 0.1) is 12.5 Å². The molecule has 0 aliphatic carbocycles. The van der Waals surface area contributed by atoms with Gasteiger partial charge < -0.3 is 4.90 Å². The number of hydrogen-bond donors (Lipinski definition) is 0. The molecule has 2 fully saturated rings. The zero-order chi connectivity index (χ0) is 21.1. The van der Waals surface area contributed by atoms with Gasteiger partial charge >= 0.3 is 0 Å². The van der Waals surface area contributed by atoms with Crippen molar-refractivity contribution >= 4 is 40.5 Å². The van der Waals surface area contributed by atoms with E-state index in [1.54, 1.807) is 0 Å². The topological polar surface area (TPSA) is 14.1 Å². The molecule has 0 spiro atoms. The van der Waals surface area contributed by atoms with Crippen LogP contribution >= 0.6 is 34.8 Å². The van der Waals surface area contributed by atoms with Crippen molar-refractivity contribution in [1.82, 2.24) is 9.91 Å². The van der Waals surface area contributed by atoms with Gasteiger partial charge in [0.05, 0.1) is 29.8 Å². The second-order valence-corrected chi connectivity index (χ2v) is 9.39. The molecule has 4 nitrogen and oxygen atoms in total. The molecule has 0 amide bonds. The molecule has 30 heavy (non-hydrogen) atoms. The maximum absolute atomic E-state index is 7.19. The van der Waals surface area contributed by atoms with Crippen LogP contribution in [0.4, 0.5) is 5.69 Å². The van der Waals surface area contributed by atoms with E-state index in [4.69, 9.17) is 41.4 Å². The lowest BCUT2D eigenvalue weighted by Crippen LogP contribution is -2.50. The SMILES string of the molecule is [C-]#[N+]N1CCC(CN2CCN(c3ccc(Cl)cc3Cl)[C@H](c3ccc(Cl)cc3)C2)CC1. The normalized spacial score (nSPS) is 20.9. The molecule has 0 bridgehead atoms. The first-order valence-electron chi connectivity index (χ1n) is 10.4. The van der Waals surface area contributed by atoms with Gasteiger partial charge in [0.15, 0.2) is 0 Å². The number of piperidine rings is 1. The highest BCUT2D eigenvalue weighted by molar-refractivity contribution is 6.36. The molecule has 4 rings (SSSR count). The van der Waals surface area contributed by atoms with E-state index in [1.165, 1.54) is 5.56 Å². The van der Waals surface area contributed by atoms with Crippen LogP contribution in [-0.2, 0) is 0 Å². The second-order valence-electron chi connectivity index (χ2n) is 8.11. The molecule has 2 aromatic rings. The number of benzene rings is 2. The van der Waals surface area contributed by atoms with Crippen LogP contribution in [0.2, 0.25) is 15.1 Å². The number of hydrogen-bond acceptors (Lipinski definition) is 3. The van der Waals surface area contributed by atoms with Gasteiger partial charge in [0.25, 0.3) is 0 Å². The minimum Gasteiger partial charge on any atom is -0.361 e. The standard InChI is InChI=1S/C23H25Cl3N4/c1-27-29-10-8-17(9-11-29)15-28-12-13-30(22-7-6-20(25)14-21(22)26)23(16-28)18-2-4-19(24)5-3-18/h2-7,14,17,23H,8-13,15-16H2/t23-/m0/s1. The first-order valence-corrected chi connectivity index (χ1v) is 11.5. The first kappa shape index (κ1) is 21.6. The third-order valence-electron chi connectivity index (χ3n) is 6.19. The predicted octanol–water partition coefficient (Wildman–Crippen LogP) is 6.06. The molecule has 0 unspecified atom stereocenters. The summed E-state index contributed by atoms with van der Waals surface area (Å²) in [5, 5.41) is 3.93. The third kappa shape index (κ3) is 4.98. The summed E-state index contributed by atoms with van der Waals surface area (Å²) >= 11 is 18.8. The lowest BCUT2D eigenvalue weighted by Gasteiger charge is -2.44. The molecule has 2 saturated heterocycles. The average molecular weight is 464 g/mol. The first-order chi connectivity index (χ1) is 14.5. The highest BCUT2D eigenvalue weighted by Crippen LogP contribution is 2.37. The van der Waals surface area contributed by atoms with Gasteiger partial charge in [0, 0.05) is 36.2 Å². The van der Waals surface area contributed by atoms with Crippen LogP contribution in [0.3, 0.4) is 0 Å². The lowest BCUT2D eigenvalue weighted by molar-refractivity contribution is 0.150.